The Kier molecular flexibility index (Phi) is 5.82. The Morgan fingerprint density at radius 1 is 0.941 bits per heavy atom. The maximum atomic E-state index is 12.4. The predicted molar refractivity (Wildman–Crippen MR) is 132 cm³/mol. The zero-order valence-electron chi connectivity index (χ0n) is 18.5. The molecule has 1 aliphatic rings. The van der Waals surface area contributed by atoms with E-state index in [-0.39, 0.29) is 12.5 Å². The highest BCUT2D eigenvalue weighted by molar-refractivity contribution is 5.95. The molecule has 0 aliphatic carbocycles. The molecule has 3 N–H and O–H groups in total. The van der Waals surface area contributed by atoms with E-state index in [9.17, 15) is 9.59 Å². The standard InChI is InChI=1S/C27H24N4O3/c28-27(33)20-8-11-22(12-9-20)29-25(32)17-34-23-7-3-6-19-10-13-24(30-26(19)23)31-15-14-18-4-1-2-5-21(18)16-31/h1-13H,14-17H2,(H2,28,33)(H,29,32). The molecule has 5 rings (SSSR count). The number of ether oxygens (including phenoxy) is 1. The van der Waals surface area contributed by atoms with Crippen molar-refractivity contribution in [2.45, 2.75) is 13.0 Å². The van der Waals surface area contributed by atoms with Gasteiger partial charge >= 0.3 is 0 Å². The fourth-order valence-electron chi connectivity index (χ4n) is 4.15. The van der Waals surface area contributed by atoms with Gasteiger partial charge in [0.2, 0.25) is 5.91 Å². The Balaban J connectivity index is 1.30. The second-order valence-electron chi connectivity index (χ2n) is 8.22. The van der Waals surface area contributed by atoms with Gasteiger partial charge in [0.1, 0.15) is 17.1 Å². The maximum absolute atomic E-state index is 12.4. The van der Waals surface area contributed by atoms with Gasteiger partial charge in [-0.2, -0.15) is 0 Å². The summed E-state index contributed by atoms with van der Waals surface area (Å²) in [5, 5.41) is 3.70. The third-order valence-corrected chi connectivity index (χ3v) is 5.94. The van der Waals surface area contributed by atoms with E-state index in [1.807, 2.05) is 30.3 Å². The van der Waals surface area contributed by atoms with Crippen molar-refractivity contribution in [3.8, 4) is 5.75 Å². The number of rotatable bonds is 6. The molecule has 0 fully saturated rings. The van der Waals surface area contributed by atoms with Crippen molar-refractivity contribution in [3.63, 3.8) is 0 Å². The molecule has 1 aromatic heterocycles. The van der Waals surface area contributed by atoms with Crippen LogP contribution in [0.15, 0.2) is 78.9 Å². The second kappa shape index (κ2) is 9.23. The smallest absolute Gasteiger partial charge is 0.262 e. The van der Waals surface area contributed by atoms with Gasteiger partial charge in [0.15, 0.2) is 6.61 Å². The number of pyridine rings is 1. The number of primary amides is 1. The average Bonchev–Trinajstić information content (AvgIpc) is 2.87. The van der Waals surface area contributed by atoms with Crippen LogP contribution < -0.4 is 20.7 Å². The van der Waals surface area contributed by atoms with E-state index < -0.39 is 5.91 Å². The van der Waals surface area contributed by atoms with Crippen LogP contribution in [0.1, 0.15) is 21.5 Å². The fraction of sp³-hybridized carbons (Fsp3) is 0.148. The highest BCUT2D eigenvalue weighted by atomic mass is 16.5. The van der Waals surface area contributed by atoms with Crippen LogP contribution >= 0.6 is 0 Å². The van der Waals surface area contributed by atoms with E-state index >= 15 is 0 Å². The van der Waals surface area contributed by atoms with Crippen LogP contribution in [0.25, 0.3) is 10.9 Å². The number of carbonyl (C=O) groups is 2. The third-order valence-electron chi connectivity index (χ3n) is 5.94. The summed E-state index contributed by atoms with van der Waals surface area (Å²) < 4.78 is 5.85. The number of aromatic nitrogens is 1. The molecule has 0 saturated heterocycles. The second-order valence-corrected chi connectivity index (χ2v) is 8.22. The largest absolute Gasteiger partial charge is 0.481 e. The predicted octanol–water partition coefficient (Wildman–Crippen LogP) is 3.91. The number of hydrogen-bond acceptors (Lipinski definition) is 5. The van der Waals surface area contributed by atoms with E-state index in [1.54, 1.807) is 24.3 Å². The van der Waals surface area contributed by atoms with Crippen LogP contribution in [0.2, 0.25) is 0 Å². The fourth-order valence-corrected chi connectivity index (χ4v) is 4.15. The highest BCUT2D eigenvalue weighted by Gasteiger charge is 2.18. The molecule has 7 nitrogen and oxygen atoms in total. The topological polar surface area (TPSA) is 97.5 Å². The summed E-state index contributed by atoms with van der Waals surface area (Å²) in [4.78, 5) is 30.8. The number of fused-ring (bicyclic) bond motifs is 2. The van der Waals surface area contributed by atoms with Crippen molar-refractivity contribution in [3.05, 3.63) is 95.6 Å². The molecule has 4 aromatic rings. The van der Waals surface area contributed by atoms with Gasteiger partial charge in [-0.3, -0.25) is 9.59 Å². The van der Waals surface area contributed by atoms with Crippen LogP contribution in [-0.4, -0.2) is 29.9 Å². The highest BCUT2D eigenvalue weighted by Crippen LogP contribution is 2.29. The normalized spacial score (nSPS) is 12.8. The van der Waals surface area contributed by atoms with Gasteiger partial charge in [-0.15, -0.1) is 0 Å². The van der Waals surface area contributed by atoms with E-state index in [4.69, 9.17) is 15.5 Å². The van der Waals surface area contributed by atoms with Crippen molar-refractivity contribution < 1.29 is 14.3 Å². The summed E-state index contributed by atoms with van der Waals surface area (Å²) in [5.41, 5.74) is 9.61. The van der Waals surface area contributed by atoms with Crippen LogP contribution in [0.5, 0.6) is 5.75 Å². The minimum atomic E-state index is -0.516. The number of nitrogens with one attached hydrogen (secondary N) is 1. The Bertz CT molecular complexity index is 1370. The molecular formula is C27H24N4O3. The molecule has 0 atom stereocenters. The molecule has 0 radical (unpaired) electrons. The van der Waals surface area contributed by atoms with Gasteiger partial charge in [0.05, 0.1) is 0 Å². The number of carbonyl (C=O) groups excluding carboxylic acids is 2. The first-order valence-electron chi connectivity index (χ1n) is 11.1. The average molecular weight is 453 g/mol. The van der Waals surface area contributed by atoms with Gasteiger partial charge in [-0.25, -0.2) is 4.98 Å². The minimum absolute atomic E-state index is 0.167. The zero-order chi connectivity index (χ0) is 23.5. The minimum Gasteiger partial charge on any atom is -0.481 e. The SMILES string of the molecule is NC(=O)c1ccc(NC(=O)COc2cccc3ccc(N4CCc5ccccc5C4)nc23)cc1. The van der Waals surface area contributed by atoms with Crippen LogP contribution in [0, 0.1) is 0 Å². The molecule has 1 aliphatic heterocycles. The van der Waals surface area contributed by atoms with Gasteiger partial charge in [0.25, 0.3) is 5.91 Å². The maximum Gasteiger partial charge on any atom is 0.262 e. The number of para-hydroxylation sites is 1. The Hall–Kier alpha value is -4.39. The van der Waals surface area contributed by atoms with Crippen molar-refractivity contribution >= 4 is 34.2 Å². The zero-order valence-corrected chi connectivity index (χ0v) is 18.5. The number of amides is 2. The number of nitrogens with zero attached hydrogens (tertiary/aromatic N) is 2. The van der Waals surface area contributed by atoms with Crippen molar-refractivity contribution in [1.82, 2.24) is 4.98 Å². The van der Waals surface area contributed by atoms with Gasteiger partial charge in [-0.1, -0.05) is 36.4 Å². The number of hydrogen-bond donors (Lipinski definition) is 2. The number of benzene rings is 3. The number of anilines is 2. The van der Waals surface area contributed by atoms with Crippen LogP contribution in [0.4, 0.5) is 11.5 Å². The first-order chi connectivity index (χ1) is 16.6. The van der Waals surface area contributed by atoms with Crippen molar-refractivity contribution in [2.75, 3.05) is 23.4 Å². The first kappa shape index (κ1) is 21.5. The summed E-state index contributed by atoms with van der Waals surface area (Å²) in [6.45, 7) is 1.55. The Morgan fingerprint density at radius 3 is 2.53 bits per heavy atom. The van der Waals surface area contributed by atoms with Gasteiger partial charge < -0.3 is 20.7 Å². The molecule has 7 heteroatoms. The molecule has 0 saturated carbocycles. The summed E-state index contributed by atoms with van der Waals surface area (Å²) in [7, 11) is 0. The first-order valence-corrected chi connectivity index (χ1v) is 11.1. The molecule has 2 heterocycles. The lowest BCUT2D eigenvalue weighted by Gasteiger charge is -2.30. The summed E-state index contributed by atoms with van der Waals surface area (Å²) in [6, 6.07) is 24.6. The molecule has 34 heavy (non-hydrogen) atoms. The molecule has 0 unspecified atom stereocenters. The monoisotopic (exact) mass is 452 g/mol. The van der Waals surface area contributed by atoms with E-state index in [0.29, 0.717) is 17.0 Å². The molecule has 170 valence electrons. The summed E-state index contributed by atoms with van der Waals surface area (Å²) in [5.74, 6) is 0.610. The lowest BCUT2D eigenvalue weighted by molar-refractivity contribution is -0.118. The summed E-state index contributed by atoms with van der Waals surface area (Å²) in [6.07, 6.45) is 0.981. The number of nitrogens with two attached hydrogens (primary N) is 1. The van der Waals surface area contributed by atoms with Crippen LogP contribution in [0.3, 0.4) is 0 Å². The van der Waals surface area contributed by atoms with E-state index in [0.717, 1.165) is 36.2 Å². The van der Waals surface area contributed by atoms with Gasteiger partial charge in [0, 0.05) is 29.7 Å². The lowest BCUT2D eigenvalue weighted by Crippen LogP contribution is -2.30. The van der Waals surface area contributed by atoms with E-state index in [1.165, 1.54) is 11.1 Å². The quantitative estimate of drug-likeness (QED) is 0.462. The molecular weight excluding hydrogens is 428 g/mol. The summed E-state index contributed by atoms with van der Waals surface area (Å²) >= 11 is 0. The third kappa shape index (κ3) is 4.54. The van der Waals surface area contributed by atoms with Crippen molar-refractivity contribution in [2.24, 2.45) is 5.73 Å². The molecule has 0 bridgehead atoms. The lowest BCUT2D eigenvalue weighted by atomic mass is 10.00. The Labute approximate surface area is 197 Å². The van der Waals surface area contributed by atoms with Gasteiger partial charge in [-0.05, 0) is 60.0 Å². The Morgan fingerprint density at radius 2 is 1.74 bits per heavy atom. The van der Waals surface area contributed by atoms with E-state index in [2.05, 4.69) is 34.5 Å². The van der Waals surface area contributed by atoms with Crippen molar-refractivity contribution in [1.29, 1.82) is 0 Å². The van der Waals surface area contributed by atoms with Crippen LogP contribution in [-0.2, 0) is 17.8 Å². The molecule has 0 spiro atoms. The molecule has 3 aromatic carbocycles. The molecule has 2 amide bonds.